The molecule has 5 rings (SSSR count). The van der Waals surface area contributed by atoms with E-state index in [0.717, 1.165) is 43.4 Å². The SMILES string of the molecule is C#Cc1cc2ccc(O)c3c4c(O)ccc5cc(C#C)cc(c(c1)c23)c54. The minimum absolute atomic E-state index is 0.127. The zero-order valence-corrected chi connectivity index (χ0v) is 13.7. The van der Waals surface area contributed by atoms with Crippen LogP contribution in [0, 0.1) is 24.7 Å². The molecule has 5 aromatic rings. The summed E-state index contributed by atoms with van der Waals surface area (Å²) in [6.45, 7) is 0. The number of fused-ring (bicyclic) bond motifs is 2. The number of phenolic OH excluding ortho intramolecular Hbond substituents is 2. The molecule has 0 bridgehead atoms. The monoisotopic (exact) mass is 332 g/mol. The van der Waals surface area contributed by atoms with E-state index in [9.17, 15) is 10.2 Å². The smallest absolute Gasteiger partial charge is 0.124 e. The Bertz CT molecular complexity index is 1350. The topological polar surface area (TPSA) is 40.5 Å². The molecule has 5 aromatic carbocycles. The number of hydrogen-bond acceptors (Lipinski definition) is 2. The third-order valence-electron chi connectivity index (χ3n) is 5.07. The van der Waals surface area contributed by atoms with Gasteiger partial charge in [0.25, 0.3) is 0 Å². The van der Waals surface area contributed by atoms with E-state index in [1.807, 2.05) is 36.4 Å². The Morgan fingerprint density at radius 1 is 0.577 bits per heavy atom. The van der Waals surface area contributed by atoms with E-state index in [1.165, 1.54) is 0 Å². The van der Waals surface area contributed by atoms with Crippen LogP contribution in [-0.2, 0) is 0 Å². The molecule has 0 spiro atoms. The molecule has 2 nitrogen and oxygen atoms in total. The lowest BCUT2D eigenvalue weighted by molar-refractivity contribution is 0.477. The minimum atomic E-state index is 0.127. The van der Waals surface area contributed by atoms with E-state index in [4.69, 9.17) is 12.8 Å². The molecule has 0 fully saturated rings. The van der Waals surface area contributed by atoms with Gasteiger partial charge in [0.1, 0.15) is 11.5 Å². The first-order valence-electron chi connectivity index (χ1n) is 8.16. The Kier molecular flexibility index (Phi) is 2.68. The molecule has 2 heteroatoms. The average Bonchev–Trinajstić information content (AvgIpc) is 2.67. The fourth-order valence-electron chi connectivity index (χ4n) is 4.01. The molecule has 0 amide bonds. The van der Waals surface area contributed by atoms with Crippen molar-refractivity contribution in [1.29, 1.82) is 0 Å². The van der Waals surface area contributed by atoms with Crippen LogP contribution >= 0.6 is 0 Å². The lowest BCUT2D eigenvalue weighted by Gasteiger charge is -2.17. The van der Waals surface area contributed by atoms with E-state index >= 15 is 0 Å². The van der Waals surface area contributed by atoms with Crippen molar-refractivity contribution < 1.29 is 10.2 Å². The van der Waals surface area contributed by atoms with E-state index in [0.29, 0.717) is 10.8 Å². The molecule has 120 valence electrons. The zero-order chi connectivity index (χ0) is 18.0. The summed E-state index contributed by atoms with van der Waals surface area (Å²) in [7, 11) is 0. The molecule has 0 unspecified atom stereocenters. The third-order valence-corrected chi connectivity index (χ3v) is 5.07. The Labute approximate surface area is 149 Å². The fraction of sp³-hybridized carbons (Fsp3) is 0. The second-order valence-electron chi connectivity index (χ2n) is 6.45. The summed E-state index contributed by atoms with van der Waals surface area (Å²) < 4.78 is 0. The lowest BCUT2D eigenvalue weighted by atomic mass is 9.87. The Morgan fingerprint density at radius 2 is 1.00 bits per heavy atom. The maximum Gasteiger partial charge on any atom is 0.124 e. The van der Waals surface area contributed by atoms with Crippen molar-refractivity contribution in [2.45, 2.75) is 0 Å². The number of hydrogen-bond donors (Lipinski definition) is 2. The van der Waals surface area contributed by atoms with E-state index in [2.05, 4.69) is 11.8 Å². The third kappa shape index (κ3) is 1.68. The Balaban J connectivity index is 2.28. The van der Waals surface area contributed by atoms with Gasteiger partial charge in [-0.05, 0) is 57.9 Å². The van der Waals surface area contributed by atoms with Gasteiger partial charge in [-0.2, -0.15) is 0 Å². The van der Waals surface area contributed by atoms with Gasteiger partial charge in [-0.25, -0.2) is 0 Å². The summed E-state index contributed by atoms with van der Waals surface area (Å²) in [6.07, 6.45) is 11.3. The van der Waals surface area contributed by atoms with Gasteiger partial charge in [-0.15, -0.1) is 12.8 Å². The van der Waals surface area contributed by atoms with Gasteiger partial charge in [0.15, 0.2) is 0 Å². The number of benzene rings is 5. The summed E-state index contributed by atoms with van der Waals surface area (Å²) in [6, 6.07) is 14.7. The molecule has 0 atom stereocenters. The van der Waals surface area contributed by atoms with Crippen molar-refractivity contribution in [2.24, 2.45) is 0 Å². The molecule has 0 radical (unpaired) electrons. The van der Waals surface area contributed by atoms with Crippen LogP contribution in [0.2, 0.25) is 0 Å². The van der Waals surface area contributed by atoms with Crippen molar-refractivity contribution in [3.8, 4) is 36.2 Å². The number of terminal acetylenes is 2. The van der Waals surface area contributed by atoms with E-state index in [1.54, 1.807) is 12.1 Å². The molecule has 0 aliphatic rings. The van der Waals surface area contributed by atoms with Gasteiger partial charge >= 0.3 is 0 Å². The molecule has 26 heavy (non-hydrogen) atoms. The highest BCUT2D eigenvalue weighted by atomic mass is 16.3. The highest BCUT2D eigenvalue weighted by molar-refractivity contribution is 6.35. The number of rotatable bonds is 0. The van der Waals surface area contributed by atoms with Crippen molar-refractivity contribution in [1.82, 2.24) is 0 Å². The van der Waals surface area contributed by atoms with Gasteiger partial charge in [0.05, 0.1) is 0 Å². The molecule has 0 aromatic heterocycles. The summed E-state index contributed by atoms with van der Waals surface area (Å²) >= 11 is 0. The number of aromatic hydroxyl groups is 2. The predicted molar refractivity (Wildman–Crippen MR) is 107 cm³/mol. The highest BCUT2D eigenvalue weighted by Gasteiger charge is 2.19. The molecular weight excluding hydrogens is 320 g/mol. The quantitative estimate of drug-likeness (QED) is 0.235. The van der Waals surface area contributed by atoms with Crippen molar-refractivity contribution in [3.63, 3.8) is 0 Å². The molecule has 0 saturated heterocycles. The summed E-state index contributed by atoms with van der Waals surface area (Å²) in [5.74, 6) is 5.64. The maximum absolute atomic E-state index is 10.6. The second-order valence-corrected chi connectivity index (χ2v) is 6.45. The van der Waals surface area contributed by atoms with E-state index in [-0.39, 0.29) is 11.5 Å². The molecule has 0 heterocycles. The van der Waals surface area contributed by atoms with Crippen LogP contribution in [0.5, 0.6) is 11.5 Å². The van der Waals surface area contributed by atoms with Gasteiger partial charge in [-0.1, -0.05) is 24.0 Å². The first-order valence-corrected chi connectivity index (χ1v) is 8.16. The average molecular weight is 332 g/mol. The van der Waals surface area contributed by atoms with Crippen LogP contribution in [0.3, 0.4) is 0 Å². The van der Waals surface area contributed by atoms with Gasteiger partial charge in [0.2, 0.25) is 0 Å². The summed E-state index contributed by atoms with van der Waals surface area (Å²) in [4.78, 5) is 0. The van der Waals surface area contributed by atoms with Crippen LogP contribution in [-0.4, -0.2) is 10.2 Å². The Morgan fingerprint density at radius 3 is 1.38 bits per heavy atom. The van der Waals surface area contributed by atoms with Crippen LogP contribution in [0.25, 0.3) is 43.1 Å². The molecule has 2 N–H and O–H groups in total. The normalized spacial score (nSPS) is 11.3. The lowest BCUT2D eigenvalue weighted by Crippen LogP contribution is -1.90. The summed E-state index contributed by atoms with van der Waals surface area (Å²) in [5, 5.41) is 27.9. The number of phenols is 2. The van der Waals surface area contributed by atoms with Gasteiger partial charge in [0, 0.05) is 32.7 Å². The summed E-state index contributed by atoms with van der Waals surface area (Å²) in [5.41, 5.74) is 1.51. The first kappa shape index (κ1) is 14.5. The molecule has 0 aliphatic carbocycles. The van der Waals surface area contributed by atoms with Crippen LogP contribution < -0.4 is 0 Å². The van der Waals surface area contributed by atoms with Crippen molar-refractivity contribution in [3.05, 3.63) is 59.7 Å². The fourth-order valence-corrected chi connectivity index (χ4v) is 4.01. The van der Waals surface area contributed by atoms with Crippen LogP contribution in [0.1, 0.15) is 11.1 Å². The second kappa shape index (κ2) is 4.82. The largest absolute Gasteiger partial charge is 0.507 e. The Hall–Kier alpha value is -3.88. The van der Waals surface area contributed by atoms with Crippen molar-refractivity contribution >= 4 is 43.1 Å². The van der Waals surface area contributed by atoms with E-state index < -0.39 is 0 Å². The van der Waals surface area contributed by atoms with Crippen molar-refractivity contribution in [2.75, 3.05) is 0 Å². The standard InChI is InChI=1S/C24H12O2/c1-3-13-9-15-5-7-19(25)23-21(15)17(11-13)18-12-14(4-2)10-16-6-8-20(26)24(23)22(16)18/h1-2,5-12,25-26H. The maximum atomic E-state index is 10.6. The van der Waals surface area contributed by atoms with Crippen LogP contribution in [0.4, 0.5) is 0 Å². The minimum Gasteiger partial charge on any atom is -0.507 e. The first-order chi connectivity index (χ1) is 12.6. The molecular formula is C24H12O2. The zero-order valence-electron chi connectivity index (χ0n) is 13.7. The molecule has 0 aliphatic heterocycles. The van der Waals surface area contributed by atoms with Gasteiger partial charge < -0.3 is 10.2 Å². The van der Waals surface area contributed by atoms with Gasteiger partial charge in [-0.3, -0.25) is 0 Å². The van der Waals surface area contributed by atoms with Crippen LogP contribution in [0.15, 0.2) is 48.5 Å². The molecule has 0 saturated carbocycles. The highest BCUT2D eigenvalue weighted by Crippen LogP contribution is 2.47. The predicted octanol–water partition coefficient (Wildman–Crippen LogP) is 5.11.